The van der Waals surface area contributed by atoms with Gasteiger partial charge in [-0.25, -0.2) is 0 Å². The smallest absolute Gasteiger partial charge is 0.178 e. The number of fused-ring (bicyclic) bond motifs is 1. The van der Waals surface area contributed by atoms with E-state index in [0.29, 0.717) is 22.0 Å². The summed E-state index contributed by atoms with van der Waals surface area (Å²) in [5.74, 6) is 0.509. The van der Waals surface area contributed by atoms with Crippen LogP contribution in [0.1, 0.15) is 33.2 Å². The van der Waals surface area contributed by atoms with Crippen molar-refractivity contribution in [3.63, 3.8) is 0 Å². The molecule has 1 aromatic carbocycles. The Hall–Kier alpha value is -0.510. The molecule has 2 rings (SSSR count). The number of hydrogen-bond acceptors (Lipinski definition) is 1. The molecule has 1 N–H and O–H groups in total. The Balaban J connectivity index is 2.74. The Labute approximate surface area is 122 Å². The Morgan fingerprint density at radius 3 is 2.44 bits per heavy atom. The van der Waals surface area contributed by atoms with Gasteiger partial charge in [0.15, 0.2) is 4.77 Å². The van der Waals surface area contributed by atoms with Gasteiger partial charge in [0, 0.05) is 6.04 Å². The van der Waals surface area contributed by atoms with Crippen LogP contribution in [-0.2, 0) is 0 Å². The Kier molecular flexibility index (Phi) is 4.05. The van der Waals surface area contributed by atoms with E-state index in [-0.39, 0.29) is 0 Å². The SMILES string of the molecule is CCC(C(C)C)n1c(=S)[nH]c2cc(Cl)c(Cl)cc21. The van der Waals surface area contributed by atoms with Gasteiger partial charge in [-0.3, -0.25) is 0 Å². The summed E-state index contributed by atoms with van der Waals surface area (Å²) in [4.78, 5) is 3.20. The highest BCUT2D eigenvalue weighted by Gasteiger charge is 2.18. The normalized spacial score (nSPS) is 13.4. The van der Waals surface area contributed by atoms with Crippen LogP contribution in [0.3, 0.4) is 0 Å². The van der Waals surface area contributed by atoms with Gasteiger partial charge >= 0.3 is 0 Å². The third-order valence-electron chi connectivity index (χ3n) is 3.28. The van der Waals surface area contributed by atoms with E-state index in [9.17, 15) is 0 Å². The molecule has 1 unspecified atom stereocenters. The van der Waals surface area contributed by atoms with Crippen LogP contribution in [0.4, 0.5) is 0 Å². The summed E-state index contributed by atoms with van der Waals surface area (Å²) in [5, 5.41) is 1.11. The maximum Gasteiger partial charge on any atom is 0.178 e. The van der Waals surface area contributed by atoms with E-state index in [0.717, 1.165) is 22.2 Å². The van der Waals surface area contributed by atoms with Crippen LogP contribution in [0.5, 0.6) is 0 Å². The first kappa shape index (κ1) is 13.9. The number of imidazole rings is 1. The van der Waals surface area contributed by atoms with Crippen LogP contribution in [0.25, 0.3) is 11.0 Å². The molecule has 0 amide bonds. The summed E-state index contributed by atoms with van der Waals surface area (Å²) in [7, 11) is 0. The molecule has 0 spiro atoms. The molecule has 0 saturated carbocycles. The van der Waals surface area contributed by atoms with Crippen molar-refractivity contribution in [1.29, 1.82) is 0 Å². The monoisotopic (exact) mass is 302 g/mol. The van der Waals surface area contributed by atoms with E-state index in [1.54, 1.807) is 0 Å². The first-order valence-corrected chi connectivity index (χ1v) is 7.21. The summed E-state index contributed by atoms with van der Waals surface area (Å²) in [6.45, 7) is 6.57. The van der Waals surface area contributed by atoms with Crippen molar-refractivity contribution in [2.45, 2.75) is 33.2 Å². The summed E-state index contributed by atoms with van der Waals surface area (Å²) in [6, 6.07) is 4.08. The summed E-state index contributed by atoms with van der Waals surface area (Å²) >= 11 is 17.6. The summed E-state index contributed by atoms with van der Waals surface area (Å²) < 4.78 is 2.88. The number of nitrogens with zero attached hydrogens (tertiary/aromatic N) is 1. The second-order valence-corrected chi connectivity index (χ2v) is 6.00. The first-order valence-electron chi connectivity index (χ1n) is 6.05. The van der Waals surface area contributed by atoms with Crippen molar-refractivity contribution in [2.24, 2.45) is 5.92 Å². The van der Waals surface area contributed by atoms with Crippen molar-refractivity contribution < 1.29 is 0 Å². The number of H-pyrrole nitrogens is 1. The molecule has 98 valence electrons. The molecule has 0 bridgehead atoms. The zero-order chi connectivity index (χ0) is 13.4. The molecule has 1 aromatic heterocycles. The standard InChI is InChI=1S/C13H16Cl2N2S/c1-4-11(7(2)3)17-12-6-9(15)8(14)5-10(12)16-13(17)18/h5-7,11H,4H2,1-3H3,(H,16,18). The summed E-state index contributed by atoms with van der Waals surface area (Å²) in [5.41, 5.74) is 1.96. The molecule has 0 radical (unpaired) electrons. The maximum atomic E-state index is 6.10. The van der Waals surface area contributed by atoms with Gasteiger partial charge in [0.1, 0.15) is 0 Å². The highest BCUT2D eigenvalue weighted by atomic mass is 35.5. The molecule has 0 saturated heterocycles. The lowest BCUT2D eigenvalue weighted by Gasteiger charge is -2.21. The predicted molar refractivity (Wildman–Crippen MR) is 81.3 cm³/mol. The fourth-order valence-electron chi connectivity index (χ4n) is 2.40. The lowest BCUT2D eigenvalue weighted by Crippen LogP contribution is -2.14. The molecule has 1 atom stereocenters. The van der Waals surface area contributed by atoms with Gasteiger partial charge in [-0.1, -0.05) is 44.0 Å². The molecule has 18 heavy (non-hydrogen) atoms. The quantitative estimate of drug-likeness (QED) is 0.731. The van der Waals surface area contributed by atoms with E-state index >= 15 is 0 Å². The number of rotatable bonds is 3. The van der Waals surface area contributed by atoms with Crippen molar-refractivity contribution in [3.05, 3.63) is 26.9 Å². The highest BCUT2D eigenvalue weighted by molar-refractivity contribution is 7.71. The van der Waals surface area contributed by atoms with Crippen molar-refractivity contribution in [1.82, 2.24) is 9.55 Å². The second-order valence-electron chi connectivity index (χ2n) is 4.80. The van der Waals surface area contributed by atoms with Gasteiger partial charge in [0.05, 0.1) is 21.1 Å². The number of benzene rings is 1. The minimum Gasteiger partial charge on any atom is -0.331 e. The van der Waals surface area contributed by atoms with Gasteiger partial charge in [0.2, 0.25) is 0 Å². The van der Waals surface area contributed by atoms with Crippen LogP contribution in [-0.4, -0.2) is 9.55 Å². The molecule has 0 fully saturated rings. The van der Waals surface area contributed by atoms with Crippen molar-refractivity contribution in [3.8, 4) is 0 Å². The zero-order valence-electron chi connectivity index (χ0n) is 10.6. The van der Waals surface area contributed by atoms with Gasteiger partial charge < -0.3 is 9.55 Å². The fraction of sp³-hybridized carbons (Fsp3) is 0.462. The molecular formula is C13H16Cl2N2S. The molecule has 0 aliphatic carbocycles. The average Bonchev–Trinajstić information content (AvgIpc) is 2.57. The van der Waals surface area contributed by atoms with E-state index in [2.05, 4.69) is 30.3 Å². The van der Waals surface area contributed by atoms with Crippen molar-refractivity contribution in [2.75, 3.05) is 0 Å². The molecular weight excluding hydrogens is 287 g/mol. The molecule has 0 aliphatic rings. The Bertz CT molecular complexity index is 628. The number of hydrogen-bond donors (Lipinski definition) is 1. The topological polar surface area (TPSA) is 20.7 Å². The van der Waals surface area contributed by atoms with E-state index < -0.39 is 0 Å². The number of halogens is 2. The largest absolute Gasteiger partial charge is 0.331 e. The van der Waals surface area contributed by atoms with Crippen LogP contribution < -0.4 is 0 Å². The third kappa shape index (κ3) is 2.31. The lowest BCUT2D eigenvalue weighted by atomic mass is 10.0. The van der Waals surface area contributed by atoms with Crippen LogP contribution in [0.2, 0.25) is 10.0 Å². The Morgan fingerprint density at radius 2 is 1.89 bits per heavy atom. The maximum absolute atomic E-state index is 6.10. The molecule has 1 heterocycles. The zero-order valence-corrected chi connectivity index (χ0v) is 13.0. The number of aromatic amines is 1. The number of nitrogens with one attached hydrogen (secondary N) is 1. The Morgan fingerprint density at radius 1 is 1.28 bits per heavy atom. The summed E-state index contributed by atoms with van der Waals surface area (Å²) in [6.07, 6.45) is 1.03. The second kappa shape index (κ2) is 5.24. The van der Waals surface area contributed by atoms with Gasteiger partial charge in [-0.2, -0.15) is 0 Å². The first-order chi connectivity index (χ1) is 8.45. The molecule has 2 aromatic rings. The average molecular weight is 303 g/mol. The van der Waals surface area contributed by atoms with Gasteiger partial charge in [-0.05, 0) is 36.7 Å². The predicted octanol–water partition coefficient (Wildman–Crippen LogP) is 5.61. The van der Waals surface area contributed by atoms with E-state index in [1.165, 1.54) is 0 Å². The van der Waals surface area contributed by atoms with E-state index in [4.69, 9.17) is 35.4 Å². The van der Waals surface area contributed by atoms with Crippen LogP contribution >= 0.6 is 35.4 Å². The minimum absolute atomic E-state index is 0.364. The lowest BCUT2D eigenvalue weighted by molar-refractivity contribution is 0.370. The third-order valence-corrected chi connectivity index (χ3v) is 4.30. The van der Waals surface area contributed by atoms with E-state index in [1.807, 2.05) is 12.1 Å². The van der Waals surface area contributed by atoms with Gasteiger partial charge in [0.25, 0.3) is 0 Å². The minimum atomic E-state index is 0.364. The number of aromatic nitrogens is 2. The van der Waals surface area contributed by atoms with Crippen LogP contribution in [0, 0.1) is 10.7 Å². The van der Waals surface area contributed by atoms with Crippen molar-refractivity contribution >= 4 is 46.5 Å². The fourth-order valence-corrected chi connectivity index (χ4v) is 3.07. The molecule has 2 nitrogen and oxygen atoms in total. The molecule has 5 heteroatoms. The molecule has 0 aliphatic heterocycles. The highest BCUT2D eigenvalue weighted by Crippen LogP contribution is 2.32. The van der Waals surface area contributed by atoms with Crippen LogP contribution in [0.15, 0.2) is 12.1 Å². The van der Waals surface area contributed by atoms with Gasteiger partial charge in [-0.15, -0.1) is 0 Å².